The molecule has 0 saturated carbocycles. The van der Waals surface area contributed by atoms with E-state index in [1.54, 1.807) is 0 Å². The number of aryl methyl sites for hydroxylation is 2. The molecule has 13 rings (SSSR count). The molecule has 0 saturated heterocycles. The Morgan fingerprint density at radius 2 is 0.766 bits per heavy atom. The van der Waals surface area contributed by atoms with Gasteiger partial charge in [0.25, 0.3) is 0 Å². The first-order chi connectivity index (χ1) is 31.3. The van der Waals surface area contributed by atoms with Gasteiger partial charge in [-0.3, -0.25) is 0 Å². The average Bonchev–Trinajstić information content (AvgIpc) is 3.71. The van der Waals surface area contributed by atoms with Gasteiger partial charge in [-0.25, -0.2) is 0 Å². The van der Waals surface area contributed by atoms with Crippen molar-refractivity contribution in [2.24, 2.45) is 0 Å². The molecule has 2 heteroatoms. The molecule has 64 heavy (non-hydrogen) atoms. The van der Waals surface area contributed by atoms with Crippen LogP contribution in [0.1, 0.15) is 73.9 Å². The summed E-state index contributed by atoms with van der Waals surface area (Å²) in [4.78, 5) is 5.14. The second kappa shape index (κ2) is 13.8. The van der Waals surface area contributed by atoms with Crippen LogP contribution in [0.15, 0.2) is 170 Å². The monoisotopic (exact) mass is 824 g/mol. The van der Waals surface area contributed by atoms with E-state index >= 15 is 0 Å². The van der Waals surface area contributed by atoms with Gasteiger partial charge in [-0.05, 0) is 174 Å². The van der Waals surface area contributed by atoms with Crippen molar-refractivity contribution in [1.29, 1.82) is 0 Å². The molecule has 0 spiro atoms. The third kappa shape index (κ3) is 5.38. The van der Waals surface area contributed by atoms with Crippen LogP contribution < -0.4 is 9.80 Å². The fourth-order valence-corrected chi connectivity index (χ4v) is 12.5. The molecule has 0 fully saturated rings. The highest BCUT2D eigenvalue weighted by Crippen LogP contribution is 2.54. The van der Waals surface area contributed by atoms with E-state index in [9.17, 15) is 0 Å². The van der Waals surface area contributed by atoms with Crippen molar-refractivity contribution in [3.05, 3.63) is 203 Å². The SMILES string of the molecule is CC1(C)c2ccccc2-c2cc(-c3c4ccc(N5CCCc6ccccc65)cc4c(-c4ccc5c(c4)-c4ccccc4C5(C)C)c4ccc(N5CCCc6ccccc65)cc34)ccc21. The van der Waals surface area contributed by atoms with Gasteiger partial charge >= 0.3 is 0 Å². The van der Waals surface area contributed by atoms with Crippen molar-refractivity contribution >= 4 is 44.3 Å². The van der Waals surface area contributed by atoms with Crippen LogP contribution in [0.3, 0.4) is 0 Å². The van der Waals surface area contributed by atoms with Gasteiger partial charge < -0.3 is 9.80 Å². The number of anilines is 4. The molecule has 310 valence electrons. The maximum absolute atomic E-state index is 2.57. The van der Waals surface area contributed by atoms with E-state index in [1.807, 2.05) is 0 Å². The normalized spacial score (nSPS) is 16.2. The molecule has 0 unspecified atom stereocenters. The van der Waals surface area contributed by atoms with E-state index in [0.717, 1.165) is 38.8 Å². The van der Waals surface area contributed by atoms with E-state index in [-0.39, 0.29) is 10.8 Å². The van der Waals surface area contributed by atoms with Crippen molar-refractivity contribution in [2.75, 3.05) is 22.9 Å². The van der Waals surface area contributed by atoms with E-state index in [2.05, 4.69) is 207 Å². The quantitative estimate of drug-likeness (QED) is 0.163. The smallest absolute Gasteiger partial charge is 0.0443 e. The predicted octanol–water partition coefficient (Wildman–Crippen LogP) is 16.1. The zero-order valence-electron chi connectivity index (χ0n) is 37.3. The minimum Gasteiger partial charge on any atom is -0.341 e. The molecule has 0 bridgehead atoms. The van der Waals surface area contributed by atoms with Crippen molar-refractivity contribution in [3.8, 4) is 44.5 Å². The summed E-state index contributed by atoms with van der Waals surface area (Å²) in [7, 11) is 0. The number of hydrogen-bond acceptors (Lipinski definition) is 2. The first-order valence-corrected chi connectivity index (χ1v) is 23.5. The summed E-state index contributed by atoms with van der Waals surface area (Å²) in [6.45, 7) is 11.5. The van der Waals surface area contributed by atoms with Crippen molar-refractivity contribution in [1.82, 2.24) is 0 Å². The standard InChI is InChI=1S/C62H52N2/c1-61(2)53-21-9-7-19-45(53)49-35-41(25-31-55(49)61)59-47-29-27-44(64-34-14-18-40-16-6-12-24-58(40)64)38-52(47)60(42-26-32-56-50(36-42)46-20-8-10-22-54(46)62(56,3)4)48-30-28-43(37-51(48)59)63-33-13-17-39-15-5-11-23-57(39)63/h5-12,15-16,19-32,35-38H,13-14,17-18,33-34H2,1-4H3. The van der Waals surface area contributed by atoms with Gasteiger partial charge in [0.05, 0.1) is 0 Å². The number of para-hydroxylation sites is 2. The molecule has 0 N–H and O–H groups in total. The lowest BCUT2D eigenvalue weighted by atomic mass is 9.80. The lowest BCUT2D eigenvalue weighted by Gasteiger charge is -2.32. The number of benzene rings is 9. The van der Waals surface area contributed by atoms with Crippen LogP contribution >= 0.6 is 0 Å². The maximum atomic E-state index is 2.57. The van der Waals surface area contributed by atoms with E-state index in [1.165, 1.54) is 122 Å². The summed E-state index contributed by atoms with van der Waals surface area (Å²) < 4.78 is 0. The van der Waals surface area contributed by atoms with Gasteiger partial charge in [-0.2, -0.15) is 0 Å². The Hall–Kier alpha value is -6.90. The summed E-state index contributed by atoms with van der Waals surface area (Å²) >= 11 is 0. The van der Waals surface area contributed by atoms with Crippen LogP contribution in [0.25, 0.3) is 66.1 Å². The Bertz CT molecular complexity index is 3190. The Kier molecular flexibility index (Phi) is 8.11. The molecule has 0 atom stereocenters. The Morgan fingerprint density at radius 1 is 0.359 bits per heavy atom. The van der Waals surface area contributed by atoms with E-state index in [4.69, 9.17) is 0 Å². The second-order valence-electron chi connectivity index (χ2n) is 19.8. The Balaban J connectivity index is 1.13. The number of rotatable bonds is 4. The van der Waals surface area contributed by atoms with Crippen LogP contribution in [0, 0.1) is 0 Å². The fraction of sp³-hybridized carbons (Fsp3) is 0.194. The summed E-state index contributed by atoms with van der Waals surface area (Å²) in [6, 6.07) is 65.7. The van der Waals surface area contributed by atoms with Crippen LogP contribution in [-0.4, -0.2) is 13.1 Å². The summed E-state index contributed by atoms with van der Waals surface area (Å²) in [5, 5.41) is 5.18. The van der Waals surface area contributed by atoms with Crippen LogP contribution in [-0.2, 0) is 23.7 Å². The molecule has 2 nitrogen and oxygen atoms in total. The van der Waals surface area contributed by atoms with Crippen LogP contribution in [0.2, 0.25) is 0 Å². The Labute approximate surface area is 377 Å². The third-order valence-corrected chi connectivity index (χ3v) is 15.7. The molecular formula is C62H52N2. The molecule has 0 radical (unpaired) electrons. The van der Waals surface area contributed by atoms with Crippen molar-refractivity contribution in [2.45, 2.75) is 64.2 Å². The lowest BCUT2D eigenvalue weighted by molar-refractivity contribution is 0.660. The fourth-order valence-electron chi connectivity index (χ4n) is 12.5. The highest BCUT2D eigenvalue weighted by atomic mass is 15.1. The molecule has 2 heterocycles. The lowest BCUT2D eigenvalue weighted by Crippen LogP contribution is -2.24. The first-order valence-electron chi connectivity index (χ1n) is 23.5. The van der Waals surface area contributed by atoms with Gasteiger partial charge in [-0.1, -0.05) is 149 Å². The van der Waals surface area contributed by atoms with Gasteiger partial charge in [0.1, 0.15) is 0 Å². The van der Waals surface area contributed by atoms with E-state index < -0.39 is 0 Å². The maximum Gasteiger partial charge on any atom is 0.0443 e. The Morgan fingerprint density at radius 3 is 1.23 bits per heavy atom. The highest BCUT2D eigenvalue weighted by molar-refractivity contribution is 6.23. The largest absolute Gasteiger partial charge is 0.341 e. The van der Waals surface area contributed by atoms with Gasteiger partial charge in [-0.15, -0.1) is 0 Å². The van der Waals surface area contributed by atoms with Gasteiger partial charge in [0, 0.05) is 46.7 Å². The van der Waals surface area contributed by atoms with E-state index in [0.29, 0.717) is 0 Å². The zero-order chi connectivity index (χ0) is 42.9. The molecule has 2 aliphatic heterocycles. The summed E-state index contributed by atoms with van der Waals surface area (Å²) in [6.07, 6.45) is 4.52. The topological polar surface area (TPSA) is 6.48 Å². The molecular weight excluding hydrogens is 773 g/mol. The highest BCUT2D eigenvalue weighted by Gasteiger charge is 2.37. The number of nitrogens with zero attached hydrogens (tertiary/aromatic N) is 2. The van der Waals surface area contributed by atoms with Crippen LogP contribution in [0.5, 0.6) is 0 Å². The third-order valence-electron chi connectivity index (χ3n) is 15.7. The number of fused-ring (bicyclic) bond motifs is 10. The van der Waals surface area contributed by atoms with Gasteiger partial charge in [0.2, 0.25) is 0 Å². The molecule has 9 aromatic carbocycles. The minimum absolute atomic E-state index is 0.0618. The molecule has 4 aliphatic rings. The molecule has 0 aromatic heterocycles. The summed E-state index contributed by atoms with van der Waals surface area (Å²) in [5.41, 5.74) is 24.1. The first kappa shape index (κ1) is 37.6. The molecule has 0 amide bonds. The average molecular weight is 825 g/mol. The zero-order valence-corrected chi connectivity index (χ0v) is 37.3. The van der Waals surface area contributed by atoms with Crippen LogP contribution in [0.4, 0.5) is 22.7 Å². The predicted molar refractivity (Wildman–Crippen MR) is 271 cm³/mol. The van der Waals surface area contributed by atoms with Gasteiger partial charge in [0.15, 0.2) is 0 Å². The second-order valence-corrected chi connectivity index (χ2v) is 19.8. The molecule has 2 aliphatic carbocycles. The minimum atomic E-state index is -0.0618. The summed E-state index contributed by atoms with van der Waals surface area (Å²) in [5.74, 6) is 0. The number of hydrogen-bond donors (Lipinski definition) is 0. The van der Waals surface area contributed by atoms with Crippen molar-refractivity contribution < 1.29 is 0 Å². The van der Waals surface area contributed by atoms with Crippen molar-refractivity contribution in [3.63, 3.8) is 0 Å². The molecule has 9 aromatic rings.